The fourth-order valence-corrected chi connectivity index (χ4v) is 6.78. The number of nitrogens with zero attached hydrogens (tertiary/aromatic N) is 4. The first kappa shape index (κ1) is 33.5. The van der Waals surface area contributed by atoms with Crippen molar-refractivity contribution < 1.29 is 47.2 Å². The van der Waals surface area contributed by atoms with E-state index in [9.17, 15) is 19.6 Å². The van der Waals surface area contributed by atoms with Crippen molar-refractivity contribution in [1.29, 1.82) is 0 Å². The fraction of sp³-hybridized carbons (Fsp3) is 0.517. The zero-order valence-corrected chi connectivity index (χ0v) is 26.1. The van der Waals surface area contributed by atoms with Gasteiger partial charge in [-0.05, 0) is 51.7 Å². The van der Waals surface area contributed by atoms with Gasteiger partial charge in [0, 0.05) is 0 Å². The summed E-state index contributed by atoms with van der Waals surface area (Å²) in [5.41, 5.74) is 3.16. The van der Waals surface area contributed by atoms with E-state index in [1.807, 2.05) is 5.92 Å². The summed E-state index contributed by atoms with van der Waals surface area (Å²) in [7, 11) is -4.60. The van der Waals surface area contributed by atoms with Crippen molar-refractivity contribution >= 4 is 30.8 Å². The predicted molar refractivity (Wildman–Crippen MR) is 161 cm³/mol. The van der Waals surface area contributed by atoms with Gasteiger partial charge >= 0.3 is 13.7 Å². The number of nitrogens with one attached hydrogen (secondary N) is 1. The third-order valence-electron chi connectivity index (χ3n) is 7.62. The summed E-state index contributed by atoms with van der Waals surface area (Å²) in [6.45, 7) is 2.04. The highest BCUT2D eigenvalue weighted by Gasteiger charge is 2.66. The molecule has 248 valence electrons. The molecular weight excluding hydrogens is 626 g/mol. The van der Waals surface area contributed by atoms with Crippen molar-refractivity contribution in [3.05, 3.63) is 36.7 Å². The molecule has 5 rings (SSSR count). The monoisotopic (exact) mass is 662 g/mol. The smallest absolute Gasteiger partial charge is 0.459 e. The molecule has 0 radical (unpaired) electrons. The third kappa shape index (κ3) is 6.80. The van der Waals surface area contributed by atoms with Gasteiger partial charge in [-0.1, -0.05) is 30.5 Å². The lowest BCUT2D eigenvalue weighted by Gasteiger charge is -2.29. The number of aliphatic hydroxyl groups is 2. The lowest BCUT2D eigenvalue weighted by Crippen LogP contribution is -2.50. The molecule has 2 aliphatic rings. The number of aliphatic hydroxyl groups excluding tert-OH is 1. The van der Waals surface area contributed by atoms with Crippen molar-refractivity contribution in [3.63, 3.8) is 0 Å². The highest BCUT2D eigenvalue weighted by atomic mass is 31.2. The SMILES string of the molecule is C#C[C@]1(O)C(n2cnc3c(OCC)nc(N)nc32)O[C@](F)(CO[P@@](=O)(NC(C)C(=O)OC2CCCCC2)Oc2ccccc2)[C@H]1O. The molecule has 0 bridgehead atoms. The van der Waals surface area contributed by atoms with E-state index in [2.05, 4.69) is 20.0 Å². The Morgan fingerprint density at radius 3 is 2.70 bits per heavy atom. The molecule has 2 aromatic heterocycles. The summed E-state index contributed by atoms with van der Waals surface area (Å²) in [5.74, 6) is -2.14. The molecule has 2 fully saturated rings. The lowest BCUT2D eigenvalue weighted by molar-refractivity contribution is -0.202. The molecule has 1 saturated carbocycles. The Labute approximate surface area is 264 Å². The minimum absolute atomic E-state index is 0.0163. The third-order valence-corrected chi connectivity index (χ3v) is 9.25. The van der Waals surface area contributed by atoms with Gasteiger partial charge in [0.15, 0.2) is 23.5 Å². The molecular formula is C29H36FN6O9P. The fourth-order valence-electron chi connectivity index (χ4n) is 5.27. The highest BCUT2D eigenvalue weighted by Crippen LogP contribution is 2.51. The van der Waals surface area contributed by atoms with Gasteiger partial charge in [0.2, 0.25) is 17.4 Å². The molecule has 1 saturated heterocycles. The number of halogens is 1. The molecule has 6 atom stereocenters. The number of esters is 1. The molecule has 46 heavy (non-hydrogen) atoms. The van der Waals surface area contributed by atoms with Gasteiger partial charge in [-0.2, -0.15) is 15.1 Å². The standard InChI is InChI=1S/C29H36FN6O9P/c1-4-28(39)25(38)29(30,44-26(28)36-17-32-21-22(36)33-27(31)34-23(21)41-5-2)16-42-46(40,45-20-14-10-7-11-15-20)35-18(3)24(37)43-19-12-8-6-9-13-19/h1,7,10-11,14-15,17-19,25-26,38-39H,5-6,8-9,12-13,16H2,2-3H3,(H,35,40)(H2,31,33,34)/t18?,25-,26?,28+,29+,46-/m0/s1. The van der Waals surface area contributed by atoms with E-state index in [-0.39, 0.29) is 41.5 Å². The van der Waals surface area contributed by atoms with Gasteiger partial charge in [-0.3, -0.25) is 13.9 Å². The van der Waals surface area contributed by atoms with Crippen molar-refractivity contribution in [2.24, 2.45) is 0 Å². The quantitative estimate of drug-likeness (QED) is 0.125. The molecule has 2 unspecified atom stereocenters. The van der Waals surface area contributed by atoms with Crippen LogP contribution in [0.15, 0.2) is 36.7 Å². The Morgan fingerprint density at radius 2 is 2.02 bits per heavy atom. The number of carbonyl (C=O) groups is 1. The zero-order valence-electron chi connectivity index (χ0n) is 25.2. The van der Waals surface area contributed by atoms with E-state index in [4.69, 9.17) is 35.4 Å². The first-order chi connectivity index (χ1) is 21.9. The number of benzene rings is 1. The molecule has 0 amide bonds. The van der Waals surface area contributed by atoms with Crippen LogP contribution in [0.3, 0.4) is 0 Å². The number of alkyl halides is 1. The van der Waals surface area contributed by atoms with Crippen LogP contribution in [-0.2, 0) is 23.4 Å². The number of ether oxygens (including phenoxy) is 3. The molecule has 1 aliphatic heterocycles. The number of hydrogen-bond donors (Lipinski definition) is 4. The number of nitrogen functional groups attached to an aromatic ring is 1. The van der Waals surface area contributed by atoms with Gasteiger partial charge in [0.25, 0.3) is 5.85 Å². The summed E-state index contributed by atoms with van der Waals surface area (Å²) < 4.78 is 59.2. The second kappa shape index (κ2) is 13.5. The van der Waals surface area contributed by atoms with E-state index < -0.39 is 50.2 Å². The van der Waals surface area contributed by atoms with E-state index in [0.717, 1.165) is 30.2 Å². The highest BCUT2D eigenvalue weighted by molar-refractivity contribution is 7.52. The van der Waals surface area contributed by atoms with Crippen molar-refractivity contribution in [2.45, 2.75) is 81.9 Å². The Hall–Kier alpha value is -3.84. The number of para-hydroxylation sites is 1. The minimum Gasteiger partial charge on any atom is -0.476 e. The van der Waals surface area contributed by atoms with Gasteiger partial charge in [0.1, 0.15) is 24.5 Å². The largest absolute Gasteiger partial charge is 0.476 e. The van der Waals surface area contributed by atoms with E-state index in [1.165, 1.54) is 19.1 Å². The number of hydrogen-bond acceptors (Lipinski definition) is 13. The van der Waals surface area contributed by atoms with Gasteiger partial charge in [0.05, 0.1) is 12.9 Å². The summed E-state index contributed by atoms with van der Waals surface area (Å²) in [6.07, 6.45) is 6.47. The summed E-state index contributed by atoms with van der Waals surface area (Å²) >= 11 is 0. The topological polar surface area (TPSA) is 202 Å². The van der Waals surface area contributed by atoms with E-state index >= 15 is 4.39 Å². The Bertz CT molecular complexity index is 1630. The number of imidazole rings is 1. The first-order valence-electron chi connectivity index (χ1n) is 14.8. The van der Waals surface area contributed by atoms with Crippen LogP contribution in [0.25, 0.3) is 11.2 Å². The number of nitrogens with two attached hydrogens (primary N) is 1. The Balaban J connectivity index is 1.39. The molecule has 3 heterocycles. The van der Waals surface area contributed by atoms with Crippen LogP contribution >= 0.6 is 7.75 Å². The minimum atomic E-state index is -4.60. The Kier molecular flexibility index (Phi) is 9.83. The number of fused-ring (bicyclic) bond motifs is 1. The van der Waals surface area contributed by atoms with Crippen LogP contribution in [0, 0.1) is 12.3 Å². The van der Waals surface area contributed by atoms with Gasteiger partial charge < -0.3 is 34.7 Å². The average molecular weight is 663 g/mol. The second-order valence-corrected chi connectivity index (χ2v) is 12.7. The van der Waals surface area contributed by atoms with Crippen LogP contribution in [0.1, 0.15) is 52.2 Å². The van der Waals surface area contributed by atoms with Crippen LogP contribution in [0.5, 0.6) is 11.6 Å². The van der Waals surface area contributed by atoms with Crippen LogP contribution < -0.4 is 20.1 Å². The average Bonchev–Trinajstić information content (AvgIpc) is 3.54. The van der Waals surface area contributed by atoms with Crippen molar-refractivity contribution in [3.8, 4) is 24.0 Å². The van der Waals surface area contributed by atoms with E-state index in [0.29, 0.717) is 12.8 Å². The second-order valence-electron chi connectivity index (χ2n) is 11.0. The first-order valence-corrected chi connectivity index (χ1v) is 16.3. The predicted octanol–water partition coefficient (Wildman–Crippen LogP) is 2.78. The van der Waals surface area contributed by atoms with Crippen molar-refractivity contribution in [1.82, 2.24) is 24.6 Å². The van der Waals surface area contributed by atoms with Crippen molar-refractivity contribution in [2.75, 3.05) is 18.9 Å². The maximum absolute atomic E-state index is 16.5. The van der Waals surface area contributed by atoms with E-state index in [1.54, 1.807) is 25.1 Å². The number of terminal acetylenes is 1. The van der Waals surface area contributed by atoms with Gasteiger partial charge in [-0.15, -0.1) is 6.42 Å². The summed E-state index contributed by atoms with van der Waals surface area (Å²) in [5, 5.41) is 24.8. The zero-order chi connectivity index (χ0) is 33.1. The van der Waals surface area contributed by atoms with Crippen LogP contribution in [0.4, 0.5) is 10.3 Å². The normalized spacial score (nSPS) is 27.0. The molecule has 3 aromatic rings. The molecule has 5 N–H and O–H groups in total. The van der Waals surface area contributed by atoms with Crippen LogP contribution in [0.2, 0.25) is 0 Å². The molecule has 17 heteroatoms. The number of aromatic nitrogens is 4. The van der Waals surface area contributed by atoms with Gasteiger partial charge in [-0.25, -0.2) is 13.9 Å². The maximum atomic E-state index is 16.5. The molecule has 1 aromatic carbocycles. The molecule has 15 nitrogen and oxygen atoms in total. The summed E-state index contributed by atoms with van der Waals surface area (Å²) in [4.78, 5) is 25.1. The lowest BCUT2D eigenvalue weighted by atomic mass is 9.94. The number of rotatable bonds is 12. The maximum Gasteiger partial charge on any atom is 0.459 e. The molecule has 0 spiro atoms. The number of carbonyl (C=O) groups excluding carboxylic acids is 1. The van der Waals surface area contributed by atoms with Crippen LogP contribution in [-0.4, -0.2) is 78.6 Å². The number of anilines is 1. The Morgan fingerprint density at radius 1 is 1.30 bits per heavy atom. The molecule has 1 aliphatic carbocycles. The summed E-state index contributed by atoms with van der Waals surface area (Å²) in [6, 6.07) is 6.61.